The van der Waals surface area contributed by atoms with Crippen LogP contribution in [0.15, 0.2) is 29.2 Å². The molecule has 0 aliphatic rings. The van der Waals surface area contributed by atoms with Gasteiger partial charge in [-0.05, 0) is 18.2 Å². The zero-order chi connectivity index (χ0) is 20.4. The molecule has 0 saturated carbocycles. The second-order valence-electron chi connectivity index (χ2n) is 5.23. The highest BCUT2D eigenvalue weighted by atomic mass is 32.2. The molecule has 0 fully saturated rings. The summed E-state index contributed by atoms with van der Waals surface area (Å²) in [5, 5.41) is 0. The molecule has 0 aliphatic heterocycles. The normalized spacial score (nSPS) is 10.9. The Hall–Kier alpha value is -2.50. The van der Waals surface area contributed by atoms with E-state index < -0.39 is 41.0 Å². The Labute approximate surface area is 157 Å². The van der Waals surface area contributed by atoms with Crippen LogP contribution in [-0.2, 0) is 33.8 Å². The second-order valence-corrected chi connectivity index (χ2v) is 7.00. The second kappa shape index (κ2) is 10.6. The molecule has 11 heteroatoms. The van der Waals surface area contributed by atoms with Crippen LogP contribution in [0.5, 0.6) is 0 Å². The minimum absolute atomic E-state index is 0.0163. The molecule has 0 atom stereocenters. The topological polar surface area (TPSA) is 128 Å². The molecule has 150 valence electrons. The molecular weight excluding hydrogens is 380 g/mol. The smallest absolute Gasteiger partial charge is 0.325 e. The first kappa shape index (κ1) is 22.5. The van der Waals surface area contributed by atoms with Crippen LogP contribution in [0.3, 0.4) is 0 Å². The summed E-state index contributed by atoms with van der Waals surface area (Å²) in [4.78, 5) is 36.5. The first-order valence-electron chi connectivity index (χ1n) is 7.76. The number of benzene rings is 1. The van der Waals surface area contributed by atoms with Crippen molar-refractivity contribution in [3.05, 3.63) is 29.8 Å². The van der Waals surface area contributed by atoms with Gasteiger partial charge in [-0.2, -0.15) is 0 Å². The maximum absolute atomic E-state index is 12.7. The van der Waals surface area contributed by atoms with E-state index in [0.717, 1.165) is 25.2 Å². The molecular formula is C16H22N2O8S. The van der Waals surface area contributed by atoms with E-state index in [1.54, 1.807) is 0 Å². The number of amides is 1. The van der Waals surface area contributed by atoms with Crippen molar-refractivity contribution in [3.8, 4) is 0 Å². The Morgan fingerprint density at radius 2 is 1.63 bits per heavy atom. The van der Waals surface area contributed by atoms with Crippen LogP contribution in [0.1, 0.15) is 10.4 Å². The van der Waals surface area contributed by atoms with E-state index in [4.69, 9.17) is 4.74 Å². The Balaban J connectivity index is 3.08. The standard InChI is InChI=1S/C16H22N2O8S/c1-24-8-7-17-27(22,23)13-6-4-5-12(9-13)16(21)18(10-14(19)25-2)11-15(20)26-3/h4-6,9,17H,7-8,10-11H2,1-3H3. The molecule has 0 radical (unpaired) electrons. The van der Waals surface area contributed by atoms with Gasteiger partial charge in [0.2, 0.25) is 10.0 Å². The Kier molecular flexibility index (Phi) is 8.85. The van der Waals surface area contributed by atoms with Gasteiger partial charge >= 0.3 is 11.9 Å². The highest BCUT2D eigenvalue weighted by molar-refractivity contribution is 7.89. The van der Waals surface area contributed by atoms with E-state index in [1.165, 1.54) is 25.3 Å². The summed E-state index contributed by atoms with van der Waals surface area (Å²) < 4.78 is 40.7. The van der Waals surface area contributed by atoms with Crippen LogP contribution < -0.4 is 4.72 Å². The van der Waals surface area contributed by atoms with Gasteiger partial charge in [0.25, 0.3) is 5.91 Å². The van der Waals surface area contributed by atoms with E-state index >= 15 is 0 Å². The molecule has 1 rings (SSSR count). The predicted octanol–water partition coefficient (Wildman–Crippen LogP) is -0.600. The Morgan fingerprint density at radius 3 is 2.15 bits per heavy atom. The van der Waals surface area contributed by atoms with Gasteiger partial charge in [-0.25, -0.2) is 13.1 Å². The Bertz CT molecular complexity index is 760. The lowest BCUT2D eigenvalue weighted by molar-refractivity contribution is -0.144. The van der Waals surface area contributed by atoms with Crippen molar-refractivity contribution in [1.29, 1.82) is 0 Å². The van der Waals surface area contributed by atoms with E-state index in [1.807, 2.05) is 0 Å². The van der Waals surface area contributed by atoms with Gasteiger partial charge in [-0.15, -0.1) is 0 Å². The molecule has 1 aromatic carbocycles. The molecule has 1 N–H and O–H groups in total. The highest BCUT2D eigenvalue weighted by Gasteiger charge is 2.24. The van der Waals surface area contributed by atoms with Crippen molar-refractivity contribution >= 4 is 27.9 Å². The number of esters is 2. The van der Waals surface area contributed by atoms with E-state index in [-0.39, 0.29) is 23.6 Å². The van der Waals surface area contributed by atoms with Gasteiger partial charge in [-0.1, -0.05) is 6.07 Å². The quantitative estimate of drug-likeness (QED) is 0.406. The summed E-state index contributed by atoms with van der Waals surface area (Å²) in [6.07, 6.45) is 0. The lowest BCUT2D eigenvalue weighted by Crippen LogP contribution is -2.40. The number of hydrogen-bond acceptors (Lipinski definition) is 8. The van der Waals surface area contributed by atoms with Gasteiger partial charge in [-0.3, -0.25) is 14.4 Å². The monoisotopic (exact) mass is 402 g/mol. The van der Waals surface area contributed by atoms with Crippen LogP contribution in [0.4, 0.5) is 0 Å². The van der Waals surface area contributed by atoms with E-state index in [2.05, 4.69) is 14.2 Å². The van der Waals surface area contributed by atoms with Gasteiger partial charge in [0.15, 0.2) is 0 Å². The fraction of sp³-hybridized carbons (Fsp3) is 0.438. The van der Waals surface area contributed by atoms with Crippen molar-refractivity contribution in [1.82, 2.24) is 9.62 Å². The molecule has 0 bridgehead atoms. The average Bonchev–Trinajstić information content (AvgIpc) is 2.66. The van der Waals surface area contributed by atoms with Crippen molar-refractivity contribution < 1.29 is 37.0 Å². The highest BCUT2D eigenvalue weighted by Crippen LogP contribution is 2.13. The lowest BCUT2D eigenvalue weighted by atomic mass is 10.2. The van der Waals surface area contributed by atoms with Crippen molar-refractivity contribution in [2.24, 2.45) is 0 Å². The number of nitrogens with one attached hydrogen (secondary N) is 1. The summed E-state index contributed by atoms with van der Waals surface area (Å²) in [6, 6.07) is 5.22. The van der Waals surface area contributed by atoms with Crippen molar-refractivity contribution in [2.45, 2.75) is 4.90 Å². The maximum atomic E-state index is 12.7. The summed E-state index contributed by atoms with van der Waals surface area (Å²) in [6.45, 7) is -0.737. The first-order chi connectivity index (χ1) is 12.7. The van der Waals surface area contributed by atoms with Crippen molar-refractivity contribution in [2.75, 3.05) is 47.6 Å². The minimum Gasteiger partial charge on any atom is -0.468 e. The SMILES string of the molecule is COCCNS(=O)(=O)c1cccc(C(=O)N(CC(=O)OC)CC(=O)OC)c1. The van der Waals surface area contributed by atoms with Crippen LogP contribution in [-0.4, -0.2) is 78.7 Å². The molecule has 27 heavy (non-hydrogen) atoms. The van der Waals surface area contributed by atoms with Crippen LogP contribution in [0.2, 0.25) is 0 Å². The van der Waals surface area contributed by atoms with Gasteiger partial charge in [0.05, 0.1) is 25.7 Å². The van der Waals surface area contributed by atoms with E-state index in [9.17, 15) is 22.8 Å². The molecule has 1 amide bonds. The Morgan fingerprint density at radius 1 is 1.04 bits per heavy atom. The number of methoxy groups -OCH3 is 3. The third-order valence-electron chi connectivity index (χ3n) is 3.37. The summed E-state index contributed by atoms with van der Waals surface area (Å²) in [5.74, 6) is -2.20. The molecule has 0 unspecified atom stereocenters. The molecule has 0 aromatic heterocycles. The third kappa shape index (κ3) is 6.96. The number of hydrogen-bond donors (Lipinski definition) is 1. The molecule has 0 saturated heterocycles. The molecule has 1 aromatic rings. The van der Waals surface area contributed by atoms with Gasteiger partial charge in [0.1, 0.15) is 13.1 Å². The molecule has 10 nitrogen and oxygen atoms in total. The summed E-state index contributed by atoms with van der Waals surface area (Å²) in [5.41, 5.74) is -0.0163. The molecule has 0 spiro atoms. The minimum atomic E-state index is -3.85. The fourth-order valence-electron chi connectivity index (χ4n) is 1.98. The number of carbonyl (C=O) groups excluding carboxylic acids is 3. The van der Waals surface area contributed by atoms with Crippen molar-refractivity contribution in [3.63, 3.8) is 0 Å². The number of rotatable bonds is 10. The predicted molar refractivity (Wildman–Crippen MR) is 93.4 cm³/mol. The molecule has 0 aliphatic carbocycles. The van der Waals surface area contributed by atoms with Crippen LogP contribution >= 0.6 is 0 Å². The number of nitrogens with zero attached hydrogens (tertiary/aromatic N) is 1. The number of ether oxygens (including phenoxy) is 3. The number of sulfonamides is 1. The maximum Gasteiger partial charge on any atom is 0.325 e. The summed E-state index contributed by atoms with van der Waals surface area (Å²) >= 11 is 0. The number of carbonyl (C=O) groups is 3. The first-order valence-corrected chi connectivity index (χ1v) is 9.25. The zero-order valence-electron chi connectivity index (χ0n) is 15.3. The van der Waals surface area contributed by atoms with Crippen LogP contribution in [0, 0.1) is 0 Å². The lowest BCUT2D eigenvalue weighted by Gasteiger charge is -2.20. The summed E-state index contributed by atoms with van der Waals surface area (Å²) in [7, 11) is -0.137. The fourth-order valence-corrected chi connectivity index (χ4v) is 3.04. The average molecular weight is 402 g/mol. The molecule has 0 heterocycles. The van der Waals surface area contributed by atoms with Gasteiger partial charge < -0.3 is 19.1 Å². The van der Waals surface area contributed by atoms with E-state index in [0.29, 0.717) is 0 Å². The zero-order valence-corrected chi connectivity index (χ0v) is 16.1. The largest absolute Gasteiger partial charge is 0.468 e. The van der Waals surface area contributed by atoms with Gasteiger partial charge in [0, 0.05) is 19.2 Å². The third-order valence-corrected chi connectivity index (χ3v) is 4.83. The van der Waals surface area contributed by atoms with Crippen LogP contribution in [0.25, 0.3) is 0 Å².